The van der Waals surface area contributed by atoms with Crippen LogP contribution < -0.4 is 5.32 Å². The number of aliphatic carboxylic acids is 1. The average molecular weight is 402 g/mol. The average Bonchev–Trinajstić information content (AvgIpc) is 3.03. The molecule has 2 fully saturated rings. The van der Waals surface area contributed by atoms with Gasteiger partial charge in [-0.3, -0.25) is 4.79 Å². The zero-order valence-electron chi connectivity index (χ0n) is 17.5. The molecule has 1 amide bonds. The van der Waals surface area contributed by atoms with E-state index in [1.165, 1.54) is 5.57 Å². The van der Waals surface area contributed by atoms with Gasteiger partial charge in [0.1, 0.15) is 5.70 Å². The van der Waals surface area contributed by atoms with Gasteiger partial charge < -0.3 is 20.3 Å². The first-order chi connectivity index (χ1) is 13.7. The minimum absolute atomic E-state index is 0.0269. The number of carbonyl (C=O) groups excluding carboxylic acids is 1. The van der Waals surface area contributed by atoms with E-state index in [4.69, 9.17) is 4.74 Å². The molecule has 0 unspecified atom stereocenters. The lowest BCUT2D eigenvalue weighted by molar-refractivity contribution is -0.172. The number of rotatable bonds is 4. The number of allylic oxidation sites excluding steroid dienone is 4. The van der Waals surface area contributed by atoms with E-state index in [1.54, 1.807) is 7.11 Å². The van der Waals surface area contributed by atoms with E-state index in [9.17, 15) is 19.8 Å². The molecule has 29 heavy (non-hydrogen) atoms. The number of hydrogen-bond acceptors (Lipinski definition) is 4. The van der Waals surface area contributed by atoms with Gasteiger partial charge in [-0.25, -0.2) is 4.79 Å². The summed E-state index contributed by atoms with van der Waals surface area (Å²) < 4.78 is 5.47. The van der Waals surface area contributed by atoms with Crippen LogP contribution in [-0.2, 0) is 14.3 Å². The van der Waals surface area contributed by atoms with Crippen LogP contribution in [0.2, 0.25) is 0 Å². The first-order valence-corrected chi connectivity index (χ1v) is 10.6. The zero-order chi connectivity index (χ0) is 21.0. The number of hydrogen-bond donors (Lipinski definition) is 3. The summed E-state index contributed by atoms with van der Waals surface area (Å²) >= 11 is 0. The fraction of sp³-hybridized carbons (Fsp3) is 0.652. The van der Waals surface area contributed by atoms with Crippen LogP contribution in [0.3, 0.4) is 0 Å². The maximum Gasteiger partial charge on any atom is 0.352 e. The van der Waals surface area contributed by atoms with Gasteiger partial charge in [-0.1, -0.05) is 19.9 Å². The maximum absolute atomic E-state index is 12.1. The van der Waals surface area contributed by atoms with E-state index < -0.39 is 11.6 Å². The summed E-state index contributed by atoms with van der Waals surface area (Å²) in [6.07, 6.45) is 10.1. The number of fused-ring (bicyclic) bond motifs is 5. The van der Waals surface area contributed by atoms with Crippen LogP contribution in [-0.4, -0.2) is 35.3 Å². The molecule has 2 saturated carbocycles. The monoisotopic (exact) mass is 401 g/mol. The highest BCUT2D eigenvalue weighted by molar-refractivity contribution is 5.89. The van der Waals surface area contributed by atoms with E-state index in [0.29, 0.717) is 19.3 Å². The Labute approximate surface area is 171 Å². The predicted molar refractivity (Wildman–Crippen MR) is 107 cm³/mol. The summed E-state index contributed by atoms with van der Waals surface area (Å²) in [6.45, 7) is 4.30. The van der Waals surface area contributed by atoms with Crippen molar-refractivity contribution in [2.45, 2.75) is 64.4 Å². The summed E-state index contributed by atoms with van der Waals surface area (Å²) in [7, 11) is 1.70. The van der Waals surface area contributed by atoms with Crippen LogP contribution in [0.15, 0.2) is 34.8 Å². The summed E-state index contributed by atoms with van der Waals surface area (Å²) in [5.74, 6) is 0.156. The molecule has 0 heterocycles. The Morgan fingerprint density at radius 2 is 2.00 bits per heavy atom. The largest absolute Gasteiger partial charge is 0.501 e. The van der Waals surface area contributed by atoms with Gasteiger partial charge in [0.15, 0.2) is 0 Å². The second-order valence-corrected chi connectivity index (χ2v) is 9.56. The van der Waals surface area contributed by atoms with Gasteiger partial charge in [-0.2, -0.15) is 0 Å². The first-order valence-electron chi connectivity index (χ1n) is 10.6. The number of carboxylic acids is 1. The molecule has 158 valence electrons. The Morgan fingerprint density at radius 3 is 2.66 bits per heavy atom. The van der Waals surface area contributed by atoms with E-state index in [0.717, 1.165) is 43.4 Å². The van der Waals surface area contributed by atoms with Gasteiger partial charge in [-0.15, -0.1) is 0 Å². The van der Waals surface area contributed by atoms with Crippen molar-refractivity contribution in [3.8, 4) is 0 Å². The molecular weight excluding hydrogens is 370 g/mol. The topological polar surface area (TPSA) is 95.9 Å². The highest BCUT2D eigenvalue weighted by Crippen LogP contribution is 2.67. The van der Waals surface area contributed by atoms with Crippen molar-refractivity contribution in [2.75, 3.05) is 7.11 Å². The van der Waals surface area contributed by atoms with E-state index in [-0.39, 0.29) is 28.4 Å². The van der Waals surface area contributed by atoms with Crippen molar-refractivity contribution in [3.05, 3.63) is 34.8 Å². The number of nitrogens with one attached hydrogen (secondary N) is 1. The Balaban J connectivity index is 1.76. The summed E-state index contributed by atoms with van der Waals surface area (Å²) in [5.41, 5.74) is 0.583. The fourth-order valence-corrected chi connectivity index (χ4v) is 6.96. The van der Waals surface area contributed by atoms with E-state index in [1.807, 2.05) is 0 Å². The second kappa shape index (κ2) is 6.73. The molecular formula is C23H31NO5. The number of amides is 1. The predicted octanol–water partition coefficient (Wildman–Crippen LogP) is 3.29. The van der Waals surface area contributed by atoms with Crippen LogP contribution in [0.25, 0.3) is 0 Å². The second-order valence-electron chi connectivity index (χ2n) is 9.56. The third-order valence-electron chi connectivity index (χ3n) is 8.69. The molecule has 6 nitrogen and oxygen atoms in total. The molecule has 0 aliphatic heterocycles. The van der Waals surface area contributed by atoms with Gasteiger partial charge in [0.05, 0.1) is 18.5 Å². The smallest absolute Gasteiger partial charge is 0.352 e. The quantitative estimate of drug-likeness (QED) is 0.496. The van der Waals surface area contributed by atoms with Crippen molar-refractivity contribution in [2.24, 2.45) is 22.7 Å². The Hall–Kier alpha value is -2.08. The number of ether oxygens (including phenoxy) is 1. The van der Waals surface area contributed by atoms with Crippen molar-refractivity contribution >= 4 is 12.4 Å². The van der Waals surface area contributed by atoms with Crippen molar-refractivity contribution in [3.63, 3.8) is 0 Å². The molecule has 0 radical (unpaired) electrons. The van der Waals surface area contributed by atoms with E-state index >= 15 is 0 Å². The van der Waals surface area contributed by atoms with Crippen LogP contribution >= 0.6 is 0 Å². The minimum Gasteiger partial charge on any atom is -0.501 e. The number of carboxylic acid groups (broad SMARTS) is 1. The number of aliphatic hydroxyl groups is 1. The molecule has 0 aromatic heterocycles. The first kappa shape index (κ1) is 20.2. The molecule has 3 N–H and O–H groups in total. The lowest BCUT2D eigenvalue weighted by Crippen LogP contribution is -2.61. The molecule has 4 rings (SSSR count). The molecule has 0 aromatic rings. The van der Waals surface area contributed by atoms with Gasteiger partial charge in [-0.05, 0) is 73.0 Å². The molecule has 4 aliphatic rings. The van der Waals surface area contributed by atoms with Crippen molar-refractivity contribution in [1.29, 1.82) is 0 Å². The van der Waals surface area contributed by atoms with Crippen LogP contribution in [0, 0.1) is 22.7 Å². The lowest BCUT2D eigenvalue weighted by atomic mass is 9.46. The molecule has 0 bridgehead atoms. The highest BCUT2D eigenvalue weighted by atomic mass is 16.5. The molecule has 0 spiro atoms. The molecule has 4 aliphatic carbocycles. The Morgan fingerprint density at radius 1 is 1.24 bits per heavy atom. The third kappa shape index (κ3) is 2.64. The van der Waals surface area contributed by atoms with Gasteiger partial charge in [0.2, 0.25) is 6.41 Å². The molecule has 0 saturated heterocycles. The normalized spacial score (nSPS) is 42.5. The number of carbonyl (C=O) groups is 2. The van der Waals surface area contributed by atoms with E-state index in [2.05, 4.69) is 31.3 Å². The van der Waals surface area contributed by atoms with Crippen molar-refractivity contribution < 1.29 is 24.5 Å². The minimum atomic E-state index is -1.09. The number of methoxy groups -OCH3 is 1. The van der Waals surface area contributed by atoms with Gasteiger partial charge in [0.25, 0.3) is 0 Å². The third-order valence-corrected chi connectivity index (χ3v) is 8.69. The Bertz CT molecular complexity index is 842. The van der Waals surface area contributed by atoms with Gasteiger partial charge >= 0.3 is 5.97 Å². The molecule has 6 heteroatoms. The Kier molecular flexibility index (Phi) is 4.69. The van der Waals surface area contributed by atoms with Crippen molar-refractivity contribution in [1.82, 2.24) is 5.32 Å². The lowest BCUT2D eigenvalue weighted by Gasteiger charge is -2.61. The molecule has 0 aromatic carbocycles. The summed E-state index contributed by atoms with van der Waals surface area (Å²) in [6, 6.07) is 0. The standard InChI is InChI=1S/C23H31NO5/c1-21-10-11-23(28)17(5-4-14-12-15(29-3)8-9-22(14,23)2)16(21)6-7-18(21)19(20(26)27)24-13-25/h4,12-13,16-17,28H,5-11H2,1-3H3,(H,24,25)(H,26,27)/b19-18-/t16-,17-,21-,22-,23+/m0/s1. The van der Waals surface area contributed by atoms with Crippen LogP contribution in [0.4, 0.5) is 0 Å². The summed E-state index contributed by atoms with van der Waals surface area (Å²) in [4.78, 5) is 22.8. The SMILES string of the molecule is COC1=CC2=CC[C@H]3[C@@H]4CC/C(=C(/NC=O)C(=O)O)[C@@]4(C)CC[C@]3(O)[C@@]2(C)CC1. The highest BCUT2D eigenvalue weighted by Gasteiger charge is 2.64. The zero-order valence-corrected chi connectivity index (χ0v) is 17.5. The maximum atomic E-state index is 12.1. The van der Waals surface area contributed by atoms with Crippen LogP contribution in [0.5, 0.6) is 0 Å². The molecule has 5 atom stereocenters. The van der Waals surface area contributed by atoms with Crippen LogP contribution in [0.1, 0.15) is 58.8 Å². The fourth-order valence-electron chi connectivity index (χ4n) is 6.96. The van der Waals surface area contributed by atoms with Gasteiger partial charge in [0, 0.05) is 11.8 Å². The summed E-state index contributed by atoms with van der Waals surface area (Å²) in [5, 5.41) is 24.2.